The van der Waals surface area contributed by atoms with Gasteiger partial charge in [0, 0.05) is 39.3 Å². The van der Waals surface area contributed by atoms with Crippen LogP contribution in [0.4, 0.5) is 11.5 Å². The largest absolute Gasteiger partial charge is 0.465 e. The highest BCUT2D eigenvalue weighted by Crippen LogP contribution is 2.23. The number of hydrogen-bond donors (Lipinski definition) is 1. The number of hydrogen-bond acceptors (Lipinski definition) is 7. The first-order chi connectivity index (χ1) is 13.1. The van der Waals surface area contributed by atoms with Crippen molar-refractivity contribution in [1.82, 2.24) is 14.8 Å². The van der Waals surface area contributed by atoms with Gasteiger partial charge in [0.15, 0.2) is 0 Å². The van der Waals surface area contributed by atoms with Gasteiger partial charge in [0.1, 0.15) is 5.82 Å². The fourth-order valence-corrected chi connectivity index (χ4v) is 4.05. The van der Waals surface area contributed by atoms with Crippen molar-refractivity contribution in [2.24, 2.45) is 5.92 Å². The van der Waals surface area contributed by atoms with Gasteiger partial charge in [-0.25, -0.2) is 4.98 Å². The lowest BCUT2D eigenvalue weighted by Gasteiger charge is -2.35. The van der Waals surface area contributed by atoms with Crippen LogP contribution in [0.3, 0.4) is 0 Å². The van der Waals surface area contributed by atoms with Crippen LogP contribution in [-0.2, 0) is 9.53 Å². The van der Waals surface area contributed by atoms with E-state index in [2.05, 4.69) is 19.7 Å². The molecule has 2 aliphatic heterocycles. The number of rotatable bonds is 6. The average molecular weight is 376 g/mol. The Balaban J connectivity index is 1.40. The first-order valence-corrected chi connectivity index (χ1v) is 10.2. The van der Waals surface area contributed by atoms with Gasteiger partial charge in [-0.05, 0) is 50.8 Å². The summed E-state index contributed by atoms with van der Waals surface area (Å²) in [6, 6.07) is 3.94. The monoisotopic (exact) mass is 375 g/mol. The number of nitrogens with zero attached hydrogens (tertiary/aromatic N) is 4. The quantitative estimate of drug-likeness (QED) is 0.754. The third kappa shape index (κ3) is 6.07. The molecule has 150 valence electrons. The van der Waals surface area contributed by atoms with Crippen LogP contribution >= 0.6 is 0 Å². The van der Waals surface area contributed by atoms with Gasteiger partial charge in [-0.15, -0.1) is 0 Å². The van der Waals surface area contributed by atoms with Crippen molar-refractivity contribution in [3.05, 3.63) is 18.3 Å². The Bertz CT molecular complexity index is 587. The van der Waals surface area contributed by atoms with E-state index in [1.165, 1.54) is 12.8 Å². The maximum Gasteiger partial charge on any atom is 0.320 e. The van der Waals surface area contributed by atoms with E-state index in [-0.39, 0.29) is 5.97 Å². The van der Waals surface area contributed by atoms with E-state index < -0.39 is 0 Å². The van der Waals surface area contributed by atoms with Crippen LogP contribution in [0.1, 0.15) is 26.2 Å². The van der Waals surface area contributed by atoms with Gasteiger partial charge < -0.3 is 20.3 Å². The summed E-state index contributed by atoms with van der Waals surface area (Å²) in [5, 5.41) is 0. The predicted molar refractivity (Wildman–Crippen MR) is 108 cm³/mol. The van der Waals surface area contributed by atoms with Crippen LogP contribution in [0.2, 0.25) is 0 Å². The molecule has 0 aliphatic carbocycles. The number of nitrogen functional groups attached to an aromatic ring is 1. The number of ether oxygens (including phenoxy) is 1. The molecule has 0 aromatic carbocycles. The third-order valence-corrected chi connectivity index (χ3v) is 5.56. The number of nitrogens with two attached hydrogens (primary N) is 1. The van der Waals surface area contributed by atoms with Crippen LogP contribution in [0.5, 0.6) is 0 Å². The minimum Gasteiger partial charge on any atom is -0.465 e. The zero-order valence-electron chi connectivity index (χ0n) is 16.5. The topological polar surface area (TPSA) is 74.9 Å². The van der Waals surface area contributed by atoms with E-state index >= 15 is 0 Å². The maximum absolute atomic E-state index is 11.7. The zero-order chi connectivity index (χ0) is 19.1. The molecule has 2 N–H and O–H groups in total. The second-order valence-corrected chi connectivity index (χ2v) is 7.62. The predicted octanol–water partition coefficient (Wildman–Crippen LogP) is 1.45. The van der Waals surface area contributed by atoms with E-state index in [1.807, 2.05) is 19.1 Å². The molecule has 2 fully saturated rings. The third-order valence-electron chi connectivity index (χ3n) is 5.56. The summed E-state index contributed by atoms with van der Waals surface area (Å²) in [5.74, 6) is 1.67. The second kappa shape index (κ2) is 9.90. The minimum atomic E-state index is -0.102. The van der Waals surface area contributed by atoms with Crippen LogP contribution in [0, 0.1) is 5.92 Å². The number of anilines is 2. The van der Waals surface area contributed by atoms with Crippen molar-refractivity contribution in [3.63, 3.8) is 0 Å². The Hall–Kier alpha value is -1.86. The number of aromatic nitrogens is 1. The van der Waals surface area contributed by atoms with Gasteiger partial charge in [-0.3, -0.25) is 9.69 Å². The van der Waals surface area contributed by atoms with Crippen LogP contribution in [0.15, 0.2) is 18.3 Å². The summed E-state index contributed by atoms with van der Waals surface area (Å²) in [5.41, 5.74) is 6.45. The molecule has 3 heterocycles. The highest BCUT2D eigenvalue weighted by atomic mass is 16.5. The maximum atomic E-state index is 11.7. The van der Waals surface area contributed by atoms with Gasteiger partial charge in [0.25, 0.3) is 0 Å². The lowest BCUT2D eigenvalue weighted by atomic mass is 9.96. The highest BCUT2D eigenvalue weighted by Gasteiger charge is 2.24. The second-order valence-electron chi connectivity index (χ2n) is 7.62. The molecule has 7 nitrogen and oxygen atoms in total. The van der Waals surface area contributed by atoms with E-state index in [9.17, 15) is 4.79 Å². The lowest BCUT2D eigenvalue weighted by molar-refractivity contribution is -0.144. The summed E-state index contributed by atoms with van der Waals surface area (Å²) in [6.07, 6.45) is 5.26. The summed E-state index contributed by atoms with van der Waals surface area (Å²) in [6.45, 7) is 10.1. The Kier molecular flexibility index (Phi) is 7.29. The van der Waals surface area contributed by atoms with Gasteiger partial charge in [-0.1, -0.05) is 0 Å². The average Bonchev–Trinajstić information content (AvgIpc) is 2.88. The van der Waals surface area contributed by atoms with Crippen LogP contribution in [-0.4, -0.2) is 79.7 Å². The normalized spacial score (nSPS) is 20.4. The number of esters is 1. The molecule has 0 radical (unpaired) electrons. The van der Waals surface area contributed by atoms with Crippen molar-refractivity contribution in [2.75, 3.05) is 69.6 Å². The molecule has 3 rings (SSSR count). The molecule has 0 saturated carbocycles. The zero-order valence-corrected chi connectivity index (χ0v) is 16.5. The van der Waals surface area contributed by atoms with Crippen molar-refractivity contribution in [2.45, 2.75) is 26.2 Å². The Labute approximate surface area is 162 Å². The van der Waals surface area contributed by atoms with E-state index in [0.29, 0.717) is 18.8 Å². The Morgan fingerprint density at radius 1 is 1.15 bits per heavy atom. The summed E-state index contributed by atoms with van der Waals surface area (Å²) >= 11 is 0. The molecule has 0 atom stereocenters. The van der Waals surface area contributed by atoms with E-state index in [1.54, 1.807) is 6.20 Å². The molecule has 2 aliphatic rings. The fraction of sp³-hybridized carbons (Fsp3) is 0.700. The first kappa shape index (κ1) is 19.9. The van der Waals surface area contributed by atoms with E-state index in [4.69, 9.17) is 10.5 Å². The first-order valence-electron chi connectivity index (χ1n) is 10.2. The molecule has 1 aromatic rings. The van der Waals surface area contributed by atoms with Crippen LogP contribution in [0.25, 0.3) is 0 Å². The molecule has 1 aromatic heterocycles. The van der Waals surface area contributed by atoms with Gasteiger partial charge in [0.2, 0.25) is 0 Å². The molecule has 7 heteroatoms. The standard InChI is InChI=1S/C20H33N5O2/c1-2-27-20(26)16-24-9-3-8-23(12-13-24)15-17-6-10-25(11-7-17)19-5-4-18(21)14-22-19/h4-5,14,17H,2-3,6-13,15-16,21H2,1H3. The molecular weight excluding hydrogens is 342 g/mol. The van der Waals surface area contributed by atoms with Crippen molar-refractivity contribution < 1.29 is 9.53 Å². The Morgan fingerprint density at radius 2 is 1.89 bits per heavy atom. The number of pyridine rings is 1. The number of carbonyl (C=O) groups is 1. The summed E-state index contributed by atoms with van der Waals surface area (Å²) < 4.78 is 5.08. The van der Waals surface area contributed by atoms with Crippen molar-refractivity contribution in [3.8, 4) is 0 Å². The van der Waals surface area contributed by atoms with Crippen molar-refractivity contribution >= 4 is 17.5 Å². The lowest BCUT2D eigenvalue weighted by Crippen LogP contribution is -2.40. The minimum absolute atomic E-state index is 0.102. The SMILES string of the molecule is CCOC(=O)CN1CCCN(CC2CCN(c3ccc(N)cn3)CC2)CC1. The summed E-state index contributed by atoms with van der Waals surface area (Å²) in [7, 11) is 0. The molecule has 2 saturated heterocycles. The molecule has 0 amide bonds. The van der Waals surface area contributed by atoms with Crippen molar-refractivity contribution in [1.29, 1.82) is 0 Å². The molecule has 27 heavy (non-hydrogen) atoms. The van der Waals surface area contributed by atoms with Gasteiger partial charge in [0.05, 0.1) is 25.0 Å². The summed E-state index contributed by atoms with van der Waals surface area (Å²) in [4.78, 5) is 23.3. The molecule has 0 unspecified atom stereocenters. The number of carbonyl (C=O) groups excluding carboxylic acids is 1. The number of piperidine rings is 1. The Morgan fingerprint density at radius 3 is 2.59 bits per heavy atom. The smallest absolute Gasteiger partial charge is 0.320 e. The molecule has 0 bridgehead atoms. The van der Waals surface area contributed by atoms with Gasteiger partial charge >= 0.3 is 5.97 Å². The van der Waals surface area contributed by atoms with Gasteiger partial charge in [-0.2, -0.15) is 0 Å². The highest BCUT2D eigenvalue weighted by molar-refractivity contribution is 5.71. The fourth-order valence-electron chi connectivity index (χ4n) is 4.05. The molecular formula is C20H33N5O2. The van der Waals surface area contributed by atoms with E-state index in [0.717, 1.165) is 64.0 Å². The van der Waals surface area contributed by atoms with Crippen LogP contribution < -0.4 is 10.6 Å². The molecule has 0 spiro atoms.